The van der Waals surface area contributed by atoms with Crippen LogP contribution in [0.4, 0.5) is 5.69 Å². The number of hydrogen-bond acceptors (Lipinski definition) is 6. The number of anilines is 1. The summed E-state index contributed by atoms with van der Waals surface area (Å²) in [7, 11) is 0. The monoisotopic (exact) mass is 626 g/mol. The fourth-order valence-corrected chi connectivity index (χ4v) is 4.52. The third-order valence-corrected chi connectivity index (χ3v) is 6.33. The van der Waals surface area contributed by atoms with Gasteiger partial charge in [0.25, 0.3) is 11.5 Å². The highest BCUT2D eigenvalue weighted by Gasteiger charge is 2.15. The number of ether oxygens (including phenoxy) is 2. The van der Waals surface area contributed by atoms with Crippen molar-refractivity contribution in [2.75, 3.05) is 18.5 Å². The maximum Gasteiger partial charge on any atom is 0.282 e. The lowest BCUT2D eigenvalue weighted by atomic mass is 10.2. The minimum atomic E-state index is -0.298. The van der Waals surface area contributed by atoms with Crippen molar-refractivity contribution in [1.29, 1.82) is 0 Å². The Labute approximate surface area is 230 Å². The maximum absolute atomic E-state index is 13.1. The number of aryl methyl sites for hydroxylation is 1. The number of fused-ring (bicyclic) bond motifs is 1. The van der Waals surface area contributed by atoms with Crippen LogP contribution in [-0.2, 0) is 11.2 Å². The molecule has 0 spiro atoms. The summed E-state index contributed by atoms with van der Waals surface area (Å²) in [5, 5.41) is 7.69. The van der Waals surface area contributed by atoms with E-state index in [1.807, 2.05) is 38.1 Å². The fraction of sp³-hybridized carbons (Fsp3) is 0.185. The first kappa shape index (κ1) is 26.6. The Hall–Kier alpha value is -3.50. The maximum atomic E-state index is 13.1. The van der Waals surface area contributed by atoms with Crippen molar-refractivity contribution in [2.45, 2.75) is 20.3 Å². The van der Waals surface area contributed by atoms with E-state index < -0.39 is 0 Å². The van der Waals surface area contributed by atoms with Crippen molar-refractivity contribution < 1.29 is 14.3 Å². The van der Waals surface area contributed by atoms with Crippen molar-refractivity contribution in [3.05, 3.63) is 91.4 Å². The van der Waals surface area contributed by atoms with Gasteiger partial charge in [-0.05, 0) is 70.9 Å². The minimum Gasteiger partial charge on any atom is -0.490 e. The summed E-state index contributed by atoms with van der Waals surface area (Å²) in [6.07, 6.45) is 2.09. The molecule has 1 heterocycles. The largest absolute Gasteiger partial charge is 0.490 e. The summed E-state index contributed by atoms with van der Waals surface area (Å²) in [5.74, 6) is 1.08. The minimum absolute atomic E-state index is 0.200. The van der Waals surface area contributed by atoms with E-state index >= 15 is 0 Å². The standard InChI is InChI=1S/C27H24Br2N4O4/c1-3-24-32-22-11-10-18(28)14-20(22)27(35)33(24)30-15-17-12-21(29)26(23(13-17)36-4-2)37-16-25(34)31-19-8-6-5-7-9-19/h5-15H,3-4,16H2,1-2H3,(H,31,34). The van der Waals surface area contributed by atoms with Gasteiger partial charge in [0.1, 0.15) is 5.82 Å². The number of halogens is 2. The van der Waals surface area contributed by atoms with Crippen LogP contribution in [0.25, 0.3) is 10.9 Å². The molecule has 4 rings (SSSR count). The lowest BCUT2D eigenvalue weighted by molar-refractivity contribution is -0.118. The molecule has 0 saturated carbocycles. The van der Waals surface area contributed by atoms with Crippen LogP contribution in [0.5, 0.6) is 11.5 Å². The van der Waals surface area contributed by atoms with Gasteiger partial charge in [-0.25, -0.2) is 4.98 Å². The molecule has 4 aromatic rings. The van der Waals surface area contributed by atoms with Crippen molar-refractivity contribution in [3.63, 3.8) is 0 Å². The van der Waals surface area contributed by atoms with Crippen LogP contribution in [0.15, 0.2) is 79.5 Å². The second-order valence-corrected chi connectivity index (χ2v) is 9.64. The summed E-state index contributed by atoms with van der Waals surface area (Å²) in [6.45, 7) is 3.96. The zero-order chi connectivity index (χ0) is 26.4. The average Bonchev–Trinajstić information content (AvgIpc) is 2.88. The van der Waals surface area contributed by atoms with Crippen LogP contribution in [-0.4, -0.2) is 35.0 Å². The number of nitrogens with zero attached hydrogens (tertiary/aromatic N) is 3. The second kappa shape index (κ2) is 12.2. The predicted molar refractivity (Wildman–Crippen MR) is 152 cm³/mol. The Bertz CT molecular complexity index is 1520. The number of nitrogens with one attached hydrogen (secondary N) is 1. The molecule has 0 aliphatic heterocycles. The second-order valence-electron chi connectivity index (χ2n) is 7.87. The van der Waals surface area contributed by atoms with Crippen LogP contribution in [0.3, 0.4) is 0 Å². The van der Waals surface area contributed by atoms with E-state index in [0.717, 1.165) is 4.47 Å². The SMILES string of the molecule is CCOc1cc(C=Nn2c(CC)nc3ccc(Br)cc3c2=O)cc(Br)c1OCC(=O)Nc1ccccc1. The van der Waals surface area contributed by atoms with Crippen LogP contribution in [0.2, 0.25) is 0 Å². The Morgan fingerprint density at radius 3 is 2.59 bits per heavy atom. The molecule has 1 N–H and O–H groups in total. The average molecular weight is 628 g/mol. The van der Waals surface area contributed by atoms with Crippen LogP contribution >= 0.6 is 31.9 Å². The Balaban J connectivity index is 1.60. The quantitative estimate of drug-likeness (QED) is 0.237. The van der Waals surface area contributed by atoms with Gasteiger partial charge in [0.2, 0.25) is 0 Å². The first-order chi connectivity index (χ1) is 17.9. The Kier molecular flexibility index (Phi) is 8.73. The van der Waals surface area contributed by atoms with Crippen molar-refractivity contribution in [3.8, 4) is 11.5 Å². The number of benzene rings is 3. The van der Waals surface area contributed by atoms with Gasteiger partial charge in [0.05, 0.1) is 28.2 Å². The summed E-state index contributed by atoms with van der Waals surface area (Å²) < 4.78 is 14.2. The molecule has 0 radical (unpaired) electrons. The molecule has 0 aliphatic carbocycles. The summed E-state index contributed by atoms with van der Waals surface area (Å²) in [4.78, 5) is 30.1. The van der Waals surface area contributed by atoms with E-state index in [2.05, 4.69) is 47.3 Å². The summed E-state index contributed by atoms with van der Waals surface area (Å²) in [5.41, 5.74) is 1.72. The topological polar surface area (TPSA) is 94.8 Å². The van der Waals surface area contributed by atoms with Crippen LogP contribution in [0.1, 0.15) is 25.2 Å². The first-order valence-electron chi connectivity index (χ1n) is 11.6. The van der Waals surface area contributed by atoms with Gasteiger partial charge >= 0.3 is 0 Å². The summed E-state index contributed by atoms with van der Waals surface area (Å²) >= 11 is 6.92. The van der Waals surface area contributed by atoms with E-state index in [0.29, 0.717) is 57.0 Å². The first-order valence-corrected chi connectivity index (χ1v) is 13.2. The molecule has 0 unspecified atom stereocenters. The number of rotatable bonds is 9. The number of carbonyl (C=O) groups excluding carboxylic acids is 1. The third kappa shape index (κ3) is 6.44. The molecule has 190 valence electrons. The van der Waals surface area contributed by atoms with E-state index in [1.54, 1.807) is 42.6 Å². The van der Waals surface area contributed by atoms with Crippen molar-refractivity contribution in [2.24, 2.45) is 5.10 Å². The van der Waals surface area contributed by atoms with Gasteiger partial charge in [0.15, 0.2) is 18.1 Å². The molecule has 1 amide bonds. The molecule has 3 aromatic carbocycles. The van der Waals surface area contributed by atoms with E-state index in [9.17, 15) is 9.59 Å². The van der Waals surface area contributed by atoms with Gasteiger partial charge in [0, 0.05) is 16.6 Å². The zero-order valence-electron chi connectivity index (χ0n) is 20.2. The summed E-state index contributed by atoms with van der Waals surface area (Å²) in [6, 6.07) is 18.1. The highest BCUT2D eigenvalue weighted by Crippen LogP contribution is 2.36. The zero-order valence-corrected chi connectivity index (χ0v) is 23.4. The number of hydrogen-bond donors (Lipinski definition) is 1. The molecule has 0 atom stereocenters. The lowest BCUT2D eigenvalue weighted by Crippen LogP contribution is -2.22. The van der Waals surface area contributed by atoms with Gasteiger partial charge in [-0.15, -0.1) is 0 Å². The molecule has 10 heteroatoms. The van der Waals surface area contributed by atoms with Gasteiger partial charge in [-0.1, -0.05) is 41.1 Å². The molecule has 0 bridgehead atoms. The predicted octanol–water partition coefficient (Wildman–Crippen LogP) is 5.78. The molecular formula is C27H24Br2N4O4. The number of carbonyl (C=O) groups is 1. The van der Waals surface area contributed by atoms with Crippen molar-refractivity contribution in [1.82, 2.24) is 9.66 Å². The highest BCUT2D eigenvalue weighted by molar-refractivity contribution is 9.10. The number of para-hydroxylation sites is 1. The highest BCUT2D eigenvalue weighted by atomic mass is 79.9. The van der Waals surface area contributed by atoms with Crippen LogP contribution in [0, 0.1) is 0 Å². The molecule has 0 saturated heterocycles. The van der Waals surface area contributed by atoms with Crippen molar-refractivity contribution >= 4 is 60.6 Å². The Morgan fingerprint density at radius 1 is 1.08 bits per heavy atom. The van der Waals surface area contributed by atoms with Gasteiger partial charge < -0.3 is 14.8 Å². The van der Waals surface area contributed by atoms with E-state index in [4.69, 9.17) is 9.47 Å². The molecular weight excluding hydrogens is 604 g/mol. The van der Waals surface area contributed by atoms with E-state index in [1.165, 1.54) is 4.68 Å². The third-order valence-electron chi connectivity index (χ3n) is 5.25. The molecule has 0 aliphatic rings. The molecule has 37 heavy (non-hydrogen) atoms. The molecule has 0 fully saturated rings. The smallest absolute Gasteiger partial charge is 0.282 e. The van der Waals surface area contributed by atoms with Gasteiger partial charge in [-0.3, -0.25) is 9.59 Å². The van der Waals surface area contributed by atoms with Gasteiger partial charge in [-0.2, -0.15) is 9.78 Å². The number of amides is 1. The number of aromatic nitrogens is 2. The normalized spacial score (nSPS) is 11.1. The molecule has 1 aromatic heterocycles. The Morgan fingerprint density at radius 2 is 1.86 bits per heavy atom. The lowest BCUT2D eigenvalue weighted by Gasteiger charge is -2.14. The van der Waals surface area contributed by atoms with Crippen LogP contribution < -0.4 is 20.3 Å². The fourth-order valence-electron chi connectivity index (χ4n) is 3.59. The molecule has 8 nitrogen and oxygen atoms in total. The van der Waals surface area contributed by atoms with E-state index in [-0.39, 0.29) is 18.1 Å².